The SMILES string of the molecule is CC(C)Sc1cccc(CCn2nc(O[C@@H]3O[C@H](CO)[C@@H](O)[C@H](O)[C@H]3O)cc2C(F)(F)F)c1. The van der Waals surface area contributed by atoms with Gasteiger partial charge in [-0.05, 0) is 24.1 Å². The van der Waals surface area contributed by atoms with Crippen LogP contribution in [0, 0.1) is 0 Å². The molecule has 0 saturated carbocycles. The second kappa shape index (κ2) is 10.6. The third-order valence-corrected chi connectivity index (χ3v) is 6.01. The normalized spacial score (nSPS) is 26.1. The maximum absolute atomic E-state index is 13.6. The van der Waals surface area contributed by atoms with Crippen LogP contribution in [-0.2, 0) is 23.9 Å². The lowest BCUT2D eigenvalue weighted by atomic mass is 9.99. The van der Waals surface area contributed by atoms with Crippen molar-refractivity contribution in [3.63, 3.8) is 0 Å². The summed E-state index contributed by atoms with van der Waals surface area (Å²) < 4.78 is 51.9. The predicted octanol–water partition coefficient (Wildman–Crippen LogP) is 1.82. The monoisotopic (exact) mass is 492 g/mol. The summed E-state index contributed by atoms with van der Waals surface area (Å²) in [6.45, 7) is 3.32. The maximum atomic E-state index is 13.6. The van der Waals surface area contributed by atoms with Crippen LogP contribution in [0.15, 0.2) is 35.2 Å². The van der Waals surface area contributed by atoms with Gasteiger partial charge >= 0.3 is 6.18 Å². The summed E-state index contributed by atoms with van der Waals surface area (Å²) in [6, 6.07) is 8.21. The van der Waals surface area contributed by atoms with Gasteiger partial charge in [-0.1, -0.05) is 26.0 Å². The van der Waals surface area contributed by atoms with Crippen LogP contribution < -0.4 is 4.74 Å². The second-order valence-corrected chi connectivity index (χ2v) is 9.62. The highest BCUT2D eigenvalue weighted by atomic mass is 32.2. The topological polar surface area (TPSA) is 117 Å². The Morgan fingerprint density at radius 2 is 1.88 bits per heavy atom. The fourth-order valence-corrected chi connectivity index (χ4v) is 4.34. The number of hydrogen-bond donors (Lipinski definition) is 4. The van der Waals surface area contributed by atoms with Crippen LogP contribution in [0.5, 0.6) is 5.88 Å². The van der Waals surface area contributed by atoms with E-state index < -0.39 is 55.1 Å². The lowest BCUT2D eigenvalue weighted by Crippen LogP contribution is -2.60. The van der Waals surface area contributed by atoms with Crippen molar-refractivity contribution in [2.24, 2.45) is 0 Å². The van der Waals surface area contributed by atoms with Crippen molar-refractivity contribution in [3.8, 4) is 5.88 Å². The average Bonchev–Trinajstić information content (AvgIpc) is 3.16. The summed E-state index contributed by atoms with van der Waals surface area (Å²) in [5, 5.41) is 43.2. The smallest absolute Gasteiger partial charge is 0.433 e. The Balaban J connectivity index is 1.76. The van der Waals surface area contributed by atoms with E-state index in [2.05, 4.69) is 5.10 Å². The maximum Gasteiger partial charge on any atom is 0.433 e. The van der Waals surface area contributed by atoms with E-state index in [9.17, 15) is 33.6 Å². The van der Waals surface area contributed by atoms with Crippen LogP contribution in [0.4, 0.5) is 13.2 Å². The van der Waals surface area contributed by atoms with E-state index in [1.807, 2.05) is 38.1 Å². The van der Waals surface area contributed by atoms with Gasteiger partial charge in [-0.3, -0.25) is 4.68 Å². The molecular weight excluding hydrogens is 465 g/mol. The first-order valence-electron chi connectivity index (χ1n) is 10.4. The minimum atomic E-state index is -4.71. The van der Waals surface area contributed by atoms with Gasteiger partial charge in [0.15, 0.2) is 0 Å². The van der Waals surface area contributed by atoms with Crippen LogP contribution in [0.25, 0.3) is 0 Å². The molecule has 3 rings (SSSR count). The average molecular weight is 493 g/mol. The minimum Gasteiger partial charge on any atom is -0.444 e. The molecule has 0 unspecified atom stereocenters. The van der Waals surface area contributed by atoms with Crippen LogP contribution in [0.3, 0.4) is 0 Å². The Bertz CT molecular complexity index is 924. The number of rotatable bonds is 8. The molecule has 1 fully saturated rings. The highest BCUT2D eigenvalue weighted by Crippen LogP contribution is 2.33. The number of ether oxygens (including phenoxy) is 2. The largest absolute Gasteiger partial charge is 0.444 e. The van der Waals surface area contributed by atoms with E-state index in [0.717, 1.165) is 15.1 Å². The molecule has 1 aliphatic heterocycles. The Labute approximate surface area is 192 Å². The Morgan fingerprint density at radius 3 is 2.52 bits per heavy atom. The van der Waals surface area contributed by atoms with E-state index in [-0.39, 0.29) is 13.0 Å². The van der Waals surface area contributed by atoms with Crippen LogP contribution in [0.1, 0.15) is 25.1 Å². The van der Waals surface area contributed by atoms with Crippen molar-refractivity contribution < 1.29 is 43.1 Å². The molecular formula is C21H27F3N2O6S. The van der Waals surface area contributed by atoms with Crippen molar-refractivity contribution in [1.82, 2.24) is 9.78 Å². The molecule has 1 aliphatic rings. The number of aromatic nitrogens is 2. The number of benzene rings is 1. The van der Waals surface area contributed by atoms with Crippen molar-refractivity contribution in [3.05, 3.63) is 41.6 Å². The molecule has 5 atom stereocenters. The highest BCUT2D eigenvalue weighted by molar-refractivity contribution is 7.99. The first kappa shape index (κ1) is 25.8. The molecule has 1 aromatic heterocycles. The molecule has 8 nitrogen and oxygen atoms in total. The Morgan fingerprint density at radius 1 is 1.15 bits per heavy atom. The number of aliphatic hydroxyl groups excluding tert-OH is 4. The molecule has 0 aliphatic carbocycles. The highest BCUT2D eigenvalue weighted by Gasteiger charge is 2.45. The summed E-state index contributed by atoms with van der Waals surface area (Å²) in [4.78, 5) is 1.02. The zero-order valence-corrected chi connectivity index (χ0v) is 18.8. The molecule has 1 aromatic carbocycles. The molecule has 0 bridgehead atoms. The second-order valence-electron chi connectivity index (χ2n) is 7.97. The lowest BCUT2D eigenvalue weighted by Gasteiger charge is -2.39. The third kappa shape index (κ3) is 6.40. The number of alkyl halides is 3. The number of nitrogens with zero attached hydrogens (tertiary/aromatic N) is 2. The zero-order chi connectivity index (χ0) is 24.3. The van der Waals surface area contributed by atoms with Gasteiger partial charge < -0.3 is 29.9 Å². The van der Waals surface area contributed by atoms with Gasteiger partial charge in [-0.25, -0.2) is 0 Å². The fraction of sp³-hybridized carbons (Fsp3) is 0.571. The molecule has 184 valence electrons. The van der Waals surface area contributed by atoms with E-state index in [0.29, 0.717) is 11.3 Å². The summed E-state index contributed by atoms with van der Waals surface area (Å²) in [6.07, 6.45) is -12.4. The van der Waals surface area contributed by atoms with Crippen molar-refractivity contribution >= 4 is 11.8 Å². The molecule has 12 heteroatoms. The summed E-state index contributed by atoms with van der Waals surface area (Å²) in [5.41, 5.74) is -0.199. The molecule has 0 radical (unpaired) electrons. The van der Waals surface area contributed by atoms with Gasteiger partial charge in [0.1, 0.15) is 30.1 Å². The van der Waals surface area contributed by atoms with E-state index in [1.54, 1.807) is 11.8 Å². The van der Waals surface area contributed by atoms with Crippen molar-refractivity contribution in [2.75, 3.05) is 6.61 Å². The summed E-state index contributed by atoms with van der Waals surface area (Å²) >= 11 is 1.65. The van der Waals surface area contributed by atoms with E-state index in [4.69, 9.17) is 9.47 Å². The summed E-state index contributed by atoms with van der Waals surface area (Å²) in [5.74, 6) is -0.476. The van der Waals surface area contributed by atoms with Gasteiger partial charge in [-0.2, -0.15) is 13.2 Å². The van der Waals surface area contributed by atoms with E-state index >= 15 is 0 Å². The fourth-order valence-electron chi connectivity index (χ4n) is 3.41. The minimum absolute atomic E-state index is 0.0807. The van der Waals surface area contributed by atoms with Crippen LogP contribution >= 0.6 is 11.8 Å². The first-order chi connectivity index (χ1) is 15.5. The van der Waals surface area contributed by atoms with E-state index in [1.165, 1.54) is 0 Å². The van der Waals surface area contributed by atoms with Gasteiger partial charge in [-0.15, -0.1) is 16.9 Å². The van der Waals surface area contributed by atoms with Gasteiger partial charge in [0.05, 0.1) is 6.61 Å². The Hall–Kier alpha value is -1.83. The van der Waals surface area contributed by atoms with Crippen molar-refractivity contribution in [2.45, 2.75) is 73.8 Å². The number of hydrogen-bond acceptors (Lipinski definition) is 8. The lowest BCUT2D eigenvalue weighted by molar-refractivity contribution is -0.278. The standard InChI is InChI=1S/C21H27F3N2O6S/c1-11(2)33-13-5-3-4-12(8-13)6-7-26-15(21(22,23)24)9-16(25-26)32-20-19(30)18(29)17(28)14(10-27)31-20/h3-5,8-9,11,14,17-20,27-30H,6-7,10H2,1-2H3/t14-,17-,18+,19-,20+/m1/s1. The summed E-state index contributed by atoms with van der Waals surface area (Å²) in [7, 11) is 0. The third-order valence-electron chi connectivity index (χ3n) is 5.02. The van der Waals surface area contributed by atoms with Crippen LogP contribution in [0.2, 0.25) is 0 Å². The molecule has 2 heterocycles. The zero-order valence-electron chi connectivity index (χ0n) is 18.0. The molecule has 33 heavy (non-hydrogen) atoms. The first-order valence-corrected chi connectivity index (χ1v) is 11.3. The van der Waals surface area contributed by atoms with Crippen molar-refractivity contribution in [1.29, 1.82) is 0 Å². The number of thioether (sulfide) groups is 1. The number of aliphatic hydroxyl groups is 4. The van der Waals surface area contributed by atoms with Gasteiger partial charge in [0.2, 0.25) is 12.2 Å². The molecule has 2 aromatic rings. The van der Waals surface area contributed by atoms with Crippen LogP contribution in [-0.4, -0.2) is 72.8 Å². The van der Waals surface area contributed by atoms with Gasteiger partial charge in [0, 0.05) is 22.8 Å². The number of halogens is 3. The number of aryl methyl sites for hydroxylation is 2. The molecule has 1 saturated heterocycles. The quantitative estimate of drug-likeness (QED) is 0.413. The van der Waals surface area contributed by atoms with Gasteiger partial charge in [0.25, 0.3) is 0 Å². The molecule has 0 amide bonds. The molecule has 0 spiro atoms. The predicted molar refractivity (Wildman–Crippen MR) is 113 cm³/mol. The molecule has 4 N–H and O–H groups in total. The Kier molecular flexibility index (Phi) is 8.30.